The normalized spacial score (nSPS) is 19.3. The maximum atomic E-state index is 13.1. The number of carbonyl (C=O) groups excluding carboxylic acids is 2. The Balaban J connectivity index is 1.60. The first-order valence-corrected chi connectivity index (χ1v) is 9.32. The predicted molar refractivity (Wildman–Crippen MR) is 100 cm³/mol. The summed E-state index contributed by atoms with van der Waals surface area (Å²) < 4.78 is 0. The number of fused-ring (bicyclic) bond motifs is 1. The lowest BCUT2D eigenvalue weighted by Crippen LogP contribution is -2.37. The smallest absolute Gasteiger partial charge is 0.272 e. The van der Waals surface area contributed by atoms with Crippen molar-refractivity contribution in [2.45, 2.75) is 38.6 Å². The van der Waals surface area contributed by atoms with E-state index in [2.05, 4.69) is 18.0 Å². The molecule has 2 amide bonds. The topological polar surface area (TPSA) is 53.5 Å². The molecule has 134 valence electrons. The molecule has 2 aliphatic heterocycles. The maximum absolute atomic E-state index is 13.1. The van der Waals surface area contributed by atoms with Crippen LogP contribution in [0, 0.1) is 0 Å². The van der Waals surface area contributed by atoms with Crippen LogP contribution in [0.15, 0.2) is 42.6 Å². The van der Waals surface area contributed by atoms with Gasteiger partial charge in [-0.1, -0.05) is 18.2 Å². The molecule has 0 radical (unpaired) electrons. The van der Waals surface area contributed by atoms with Gasteiger partial charge < -0.3 is 9.80 Å². The van der Waals surface area contributed by atoms with E-state index < -0.39 is 0 Å². The Morgan fingerprint density at radius 3 is 2.62 bits per heavy atom. The van der Waals surface area contributed by atoms with E-state index in [4.69, 9.17) is 0 Å². The highest BCUT2D eigenvalue weighted by Gasteiger charge is 2.31. The third kappa shape index (κ3) is 2.98. The van der Waals surface area contributed by atoms with Crippen LogP contribution >= 0.6 is 0 Å². The van der Waals surface area contributed by atoms with E-state index in [9.17, 15) is 9.59 Å². The fraction of sp³-hybridized carbons (Fsp3) is 0.381. The van der Waals surface area contributed by atoms with E-state index in [-0.39, 0.29) is 17.9 Å². The number of amides is 2. The van der Waals surface area contributed by atoms with Crippen LogP contribution in [0.3, 0.4) is 0 Å². The minimum atomic E-state index is -0.0748. The van der Waals surface area contributed by atoms with Crippen molar-refractivity contribution in [2.24, 2.45) is 0 Å². The molecule has 1 atom stereocenters. The molecule has 3 heterocycles. The van der Waals surface area contributed by atoms with Gasteiger partial charge in [0.25, 0.3) is 11.8 Å². The number of benzene rings is 1. The second-order valence-electron chi connectivity index (χ2n) is 7.14. The SMILES string of the molecule is CC1Cc2ccccc2N1C(=O)c1ccnc(C(=O)N2CCCCC2)c1. The predicted octanol–water partition coefficient (Wildman–Crippen LogP) is 3.30. The number of hydrogen-bond donors (Lipinski definition) is 0. The largest absolute Gasteiger partial charge is 0.337 e. The van der Waals surface area contributed by atoms with Crippen molar-refractivity contribution in [2.75, 3.05) is 18.0 Å². The van der Waals surface area contributed by atoms with Crippen LogP contribution in [-0.2, 0) is 6.42 Å². The van der Waals surface area contributed by atoms with Crippen molar-refractivity contribution < 1.29 is 9.59 Å². The third-order valence-corrected chi connectivity index (χ3v) is 5.30. The lowest BCUT2D eigenvalue weighted by atomic mass is 10.1. The lowest BCUT2D eigenvalue weighted by Gasteiger charge is -2.26. The van der Waals surface area contributed by atoms with Crippen LogP contribution in [0.2, 0.25) is 0 Å². The van der Waals surface area contributed by atoms with E-state index in [1.807, 2.05) is 28.0 Å². The minimum absolute atomic E-state index is 0.0717. The second-order valence-corrected chi connectivity index (χ2v) is 7.14. The number of anilines is 1. The van der Waals surface area contributed by atoms with Gasteiger partial charge >= 0.3 is 0 Å². The van der Waals surface area contributed by atoms with Gasteiger partial charge in [0.15, 0.2) is 0 Å². The Morgan fingerprint density at radius 1 is 1.04 bits per heavy atom. The summed E-state index contributed by atoms with van der Waals surface area (Å²) in [5.74, 6) is -0.147. The van der Waals surface area contributed by atoms with Crippen molar-refractivity contribution >= 4 is 17.5 Å². The van der Waals surface area contributed by atoms with E-state index >= 15 is 0 Å². The average molecular weight is 349 g/mol. The van der Waals surface area contributed by atoms with Crippen LogP contribution in [-0.4, -0.2) is 40.8 Å². The zero-order chi connectivity index (χ0) is 18.1. The Hall–Kier alpha value is -2.69. The standard InChI is InChI=1S/C21H23N3O2/c1-15-13-16-7-3-4-8-19(16)24(15)20(25)17-9-10-22-18(14-17)21(26)23-11-5-2-6-12-23/h3-4,7-10,14-15H,2,5-6,11-13H2,1H3. The van der Waals surface area contributed by atoms with Gasteiger partial charge in [-0.3, -0.25) is 14.6 Å². The Morgan fingerprint density at radius 2 is 1.81 bits per heavy atom. The van der Waals surface area contributed by atoms with Crippen molar-refractivity contribution in [1.29, 1.82) is 0 Å². The fourth-order valence-electron chi connectivity index (χ4n) is 3.95. The van der Waals surface area contributed by atoms with Crippen LogP contribution in [0.4, 0.5) is 5.69 Å². The van der Waals surface area contributed by atoms with Crippen molar-refractivity contribution in [3.05, 3.63) is 59.4 Å². The monoisotopic (exact) mass is 349 g/mol. The number of likely N-dealkylation sites (tertiary alicyclic amines) is 1. The summed E-state index contributed by atoms with van der Waals surface area (Å²) in [5, 5.41) is 0. The van der Waals surface area contributed by atoms with Gasteiger partial charge in [-0.15, -0.1) is 0 Å². The molecule has 4 rings (SSSR count). The summed E-state index contributed by atoms with van der Waals surface area (Å²) in [5.41, 5.74) is 3.03. The quantitative estimate of drug-likeness (QED) is 0.836. The molecule has 0 N–H and O–H groups in total. The van der Waals surface area contributed by atoms with E-state index in [1.165, 1.54) is 12.0 Å². The number of carbonyl (C=O) groups is 2. The molecular formula is C21H23N3O2. The first-order valence-electron chi connectivity index (χ1n) is 9.32. The number of piperidine rings is 1. The number of pyridine rings is 1. The molecule has 0 bridgehead atoms. The molecular weight excluding hydrogens is 326 g/mol. The van der Waals surface area contributed by atoms with Gasteiger partial charge in [0.2, 0.25) is 0 Å². The van der Waals surface area contributed by atoms with E-state index in [1.54, 1.807) is 18.3 Å². The summed E-state index contributed by atoms with van der Waals surface area (Å²) in [4.78, 5) is 33.7. The number of aromatic nitrogens is 1. The second kappa shape index (κ2) is 6.90. The lowest BCUT2D eigenvalue weighted by molar-refractivity contribution is 0.0718. The van der Waals surface area contributed by atoms with Crippen molar-refractivity contribution in [1.82, 2.24) is 9.88 Å². The molecule has 2 aliphatic rings. The Labute approximate surface area is 153 Å². The molecule has 0 spiro atoms. The highest BCUT2D eigenvalue weighted by Crippen LogP contribution is 2.33. The molecule has 1 unspecified atom stereocenters. The number of nitrogens with zero attached hydrogens (tertiary/aromatic N) is 3. The summed E-state index contributed by atoms with van der Waals surface area (Å²) >= 11 is 0. The molecule has 0 aliphatic carbocycles. The van der Waals surface area contributed by atoms with Crippen LogP contribution in [0.25, 0.3) is 0 Å². The molecule has 26 heavy (non-hydrogen) atoms. The van der Waals surface area contributed by atoms with Crippen LogP contribution in [0.5, 0.6) is 0 Å². The molecule has 5 heteroatoms. The zero-order valence-electron chi connectivity index (χ0n) is 15.0. The molecule has 5 nitrogen and oxygen atoms in total. The third-order valence-electron chi connectivity index (χ3n) is 5.30. The minimum Gasteiger partial charge on any atom is -0.337 e. The van der Waals surface area contributed by atoms with Gasteiger partial charge in [0.05, 0.1) is 0 Å². The van der Waals surface area contributed by atoms with Crippen LogP contribution < -0.4 is 4.90 Å². The van der Waals surface area contributed by atoms with Gasteiger partial charge in [-0.2, -0.15) is 0 Å². The van der Waals surface area contributed by atoms with Gasteiger partial charge in [-0.25, -0.2) is 0 Å². The molecule has 1 aromatic heterocycles. The number of para-hydroxylation sites is 1. The van der Waals surface area contributed by atoms with Crippen LogP contribution in [0.1, 0.15) is 52.6 Å². The average Bonchev–Trinajstić information content (AvgIpc) is 3.03. The first kappa shape index (κ1) is 16.8. The Kier molecular flexibility index (Phi) is 4.45. The number of hydrogen-bond acceptors (Lipinski definition) is 3. The van der Waals surface area contributed by atoms with E-state index in [0.717, 1.165) is 38.0 Å². The molecule has 1 fully saturated rings. The number of rotatable bonds is 2. The van der Waals surface area contributed by atoms with Crippen molar-refractivity contribution in [3.8, 4) is 0 Å². The fourth-order valence-corrected chi connectivity index (χ4v) is 3.95. The summed E-state index contributed by atoms with van der Waals surface area (Å²) in [7, 11) is 0. The molecule has 1 aromatic carbocycles. The van der Waals surface area contributed by atoms with Gasteiger partial charge in [0, 0.05) is 36.6 Å². The van der Waals surface area contributed by atoms with Gasteiger partial charge in [0.1, 0.15) is 5.69 Å². The summed E-state index contributed by atoms with van der Waals surface area (Å²) in [6, 6.07) is 11.5. The highest BCUT2D eigenvalue weighted by molar-refractivity contribution is 6.08. The highest BCUT2D eigenvalue weighted by atomic mass is 16.2. The molecule has 0 saturated carbocycles. The van der Waals surface area contributed by atoms with E-state index in [0.29, 0.717) is 11.3 Å². The zero-order valence-corrected chi connectivity index (χ0v) is 15.0. The maximum Gasteiger partial charge on any atom is 0.272 e. The molecule has 1 saturated heterocycles. The summed E-state index contributed by atoms with van der Waals surface area (Å²) in [6.45, 7) is 3.60. The Bertz CT molecular complexity index is 843. The molecule has 2 aromatic rings. The first-order chi connectivity index (χ1) is 12.6. The van der Waals surface area contributed by atoms with Crippen molar-refractivity contribution in [3.63, 3.8) is 0 Å². The van der Waals surface area contributed by atoms with Gasteiger partial charge in [-0.05, 0) is 56.4 Å². The summed E-state index contributed by atoms with van der Waals surface area (Å²) in [6.07, 6.45) is 5.66.